The van der Waals surface area contributed by atoms with Gasteiger partial charge in [-0.2, -0.15) is 0 Å². The summed E-state index contributed by atoms with van der Waals surface area (Å²) >= 11 is 17.9. The van der Waals surface area contributed by atoms with Crippen LogP contribution in [0.25, 0.3) is 0 Å². The number of carbonyl (C=O) groups is 2. The largest absolute Gasteiger partial charge is 0.375 e. The Bertz CT molecular complexity index is 851. The van der Waals surface area contributed by atoms with Crippen LogP contribution in [-0.2, 0) is 10.4 Å². The topological polar surface area (TPSA) is 66.4 Å². The minimum absolute atomic E-state index is 0.194. The Labute approximate surface area is 153 Å². The van der Waals surface area contributed by atoms with Crippen LogP contribution in [-0.4, -0.2) is 16.8 Å². The van der Waals surface area contributed by atoms with E-state index in [1.807, 2.05) is 0 Å². The van der Waals surface area contributed by atoms with Crippen molar-refractivity contribution in [2.75, 3.05) is 5.32 Å². The summed E-state index contributed by atoms with van der Waals surface area (Å²) in [6.07, 6.45) is 0. The maximum absolute atomic E-state index is 12.7. The predicted molar refractivity (Wildman–Crippen MR) is 93.9 cm³/mol. The lowest BCUT2D eigenvalue weighted by molar-refractivity contribution is -0.137. The van der Waals surface area contributed by atoms with E-state index in [2.05, 4.69) is 5.32 Å². The number of hydrogen-bond acceptors (Lipinski definition) is 3. The van der Waals surface area contributed by atoms with E-state index >= 15 is 0 Å². The van der Waals surface area contributed by atoms with E-state index in [1.54, 1.807) is 24.3 Å². The third kappa shape index (κ3) is 2.60. The summed E-state index contributed by atoms with van der Waals surface area (Å²) in [6, 6.07) is 9.13. The Morgan fingerprint density at radius 1 is 1.12 bits per heavy atom. The van der Waals surface area contributed by atoms with Crippen molar-refractivity contribution in [3.8, 4) is 0 Å². The summed E-state index contributed by atoms with van der Waals surface area (Å²) in [5.74, 6) is -2.15. The number of Topliss-reactive ketones (excluding diaryl/α,β-unsaturated/α-hetero) is 1. The summed E-state index contributed by atoms with van der Waals surface area (Å²) in [5, 5.41) is 14.5. The lowest BCUT2D eigenvalue weighted by Crippen LogP contribution is -2.44. The van der Waals surface area contributed by atoms with Crippen molar-refractivity contribution in [2.45, 2.75) is 12.5 Å². The van der Waals surface area contributed by atoms with Gasteiger partial charge in [-0.15, -0.1) is 0 Å². The van der Waals surface area contributed by atoms with Gasteiger partial charge in [0.25, 0.3) is 5.91 Å². The zero-order valence-corrected chi connectivity index (χ0v) is 14.7. The van der Waals surface area contributed by atoms with Crippen LogP contribution in [0.15, 0.2) is 36.4 Å². The fraction of sp³-hybridized carbons (Fsp3) is 0.176. The fourth-order valence-electron chi connectivity index (χ4n) is 2.82. The van der Waals surface area contributed by atoms with Crippen LogP contribution >= 0.6 is 34.8 Å². The van der Waals surface area contributed by atoms with E-state index in [4.69, 9.17) is 34.8 Å². The minimum Gasteiger partial charge on any atom is -0.375 e. The molecule has 0 aliphatic carbocycles. The number of halogens is 3. The molecular formula is C17H12Cl3NO3. The molecule has 0 saturated carbocycles. The van der Waals surface area contributed by atoms with Crippen molar-refractivity contribution in [2.24, 2.45) is 5.92 Å². The van der Waals surface area contributed by atoms with Gasteiger partial charge in [0.2, 0.25) is 0 Å². The fourth-order valence-corrected chi connectivity index (χ4v) is 3.48. The Hall–Kier alpha value is -1.59. The lowest BCUT2D eigenvalue weighted by atomic mass is 9.79. The molecule has 2 aromatic rings. The SMILES string of the molecule is C[C@@H](C(=O)c1ccc(Cl)cc1)[C@]1(O)C(=O)Nc2c(Cl)cc(Cl)cc21. The molecule has 3 rings (SSSR count). The highest BCUT2D eigenvalue weighted by Gasteiger charge is 2.52. The summed E-state index contributed by atoms with van der Waals surface area (Å²) in [7, 11) is 0. The molecule has 2 atom stereocenters. The molecule has 1 aliphatic heterocycles. The molecule has 0 unspecified atom stereocenters. The van der Waals surface area contributed by atoms with Crippen molar-refractivity contribution in [3.05, 3.63) is 62.6 Å². The first-order valence-corrected chi connectivity index (χ1v) is 8.21. The van der Waals surface area contributed by atoms with Crippen molar-refractivity contribution < 1.29 is 14.7 Å². The van der Waals surface area contributed by atoms with Crippen LogP contribution in [0.5, 0.6) is 0 Å². The number of carbonyl (C=O) groups excluding carboxylic acids is 2. The summed E-state index contributed by atoms with van der Waals surface area (Å²) in [6.45, 7) is 1.49. The first kappa shape index (κ1) is 17.2. The normalized spacial score (nSPS) is 20.5. The van der Waals surface area contributed by atoms with Crippen LogP contribution in [0.3, 0.4) is 0 Å². The van der Waals surface area contributed by atoms with Crippen molar-refractivity contribution in [3.63, 3.8) is 0 Å². The number of fused-ring (bicyclic) bond motifs is 1. The lowest BCUT2D eigenvalue weighted by Gasteiger charge is -2.27. The zero-order chi connectivity index (χ0) is 17.6. The maximum atomic E-state index is 12.7. The quantitative estimate of drug-likeness (QED) is 0.775. The van der Waals surface area contributed by atoms with E-state index in [-0.39, 0.29) is 21.3 Å². The Balaban J connectivity index is 2.06. The highest BCUT2D eigenvalue weighted by Crippen LogP contribution is 2.46. The van der Waals surface area contributed by atoms with Crippen LogP contribution in [0.1, 0.15) is 22.8 Å². The molecule has 2 N–H and O–H groups in total. The van der Waals surface area contributed by atoms with Gasteiger partial charge in [0.05, 0.1) is 16.6 Å². The molecule has 0 fully saturated rings. The van der Waals surface area contributed by atoms with Gasteiger partial charge in [-0.25, -0.2) is 0 Å². The van der Waals surface area contributed by atoms with Crippen molar-refractivity contribution >= 4 is 52.2 Å². The van der Waals surface area contributed by atoms with Gasteiger partial charge in [0.15, 0.2) is 11.4 Å². The second-order valence-electron chi connectivity index (χ2n) is 5.62. The molecule has 0 saturated heterocycles. The molecule has 0 bridgehead atoms. The molecule has 24 heavy (non-hydrogen) atoms. The maximum Gasteiger partial charge on any atom is 0.261 e. The summed E-state index contributed by atoms with van der Waals surface area (Å²) in [5.41, 5.74) is -1.25. The summed E-state index contributed by atoms with van der Waals surface area (Å²) in [4.78, 5) is 25.1. The average molecular weight is 385 g/mol. The number of ketones is 1. The Kier molecular flexibility index (Phi) is 4.34. The minimum atomic E-state index is -2.05. The molecule has 4 nitrogen and oxygen atoms in total. The van der Waals surface area contributed by atoms with Crippen molar-refractivity contribution in [1.82, 2.24) is 0 Å². The number of anilines is 1. The highest BCUT2D eigenvalue weighted by atomic mass is 35.5. The van der Waals surface area contributed by atoms with Gasteiger partial charge in [0.1, 0.15) is 0 Å². The Morgan fingerprint density at radius 2 is 1.75 bits per heavy atom. The van der Waals surface area contributed by atoms with Gasteiger partial charge in [-0.1, -0.05) is 41.7 Å². The van der Waals surface area contributed by atoms with E-state index in [9.17, 15) is 14.7 Å². The van der Waals surface area contributed by atoms with E-state index in [1.165, 1.54) is 19.1 Å². The van der Waals surface area contributed by atoms with E-state index in [0.29, 0.717) is 10.6 Å². The number of hydrogen-bond donors (Lipinski definition) is 2. The highest BCUT2D eigenvalue weighted by molar-refractivity contribution is 6.38. The molecule has 0 radical (unpaired) electrons. The van der Waals surface area contributed by atoms with Crippen LogP contribution in [0.2, 0.25) is 15.1 Å². The average Bonchev–Trinajstić information content (AvgIpc) is 2.80. The number of nitrogens with one attached hydrogen (secondary N) is 1. The second kappa shape index (κ2) is 6.05. The summed E-state index contributed by atoms with van der Waals surface area (Å²) < 4.78 is 0. The molecule has 1 amide bonds. The number of rotatable bonds is 3. The molecule has 0 spiro atoms. The molecular weight excluding hydrogens is 373 g/mol. The molecule has 124 valence electrons. The Morgan fingerprint density at radius 3 is 2.38 bits per heavy atom. The van der Waals surface area contributed by atoms with Crippen molar-refractivity contribution in [1.29, 1.82) is 0 Å². The van der Waals surface area contributed by atoms with Gasteiger partial charge >= 0.3 is 0 Å². The zero-order valence-electron chi connectivity index (χ0n) is 12.4. The van der Waals surface area contributed by atoms with Crippen LogP contribution < -0.4 is 5.32 Å². The molecule has 2 aromatic carbocycles. The molecule has 1 heterocycles. The van der Waals surface area contributed by atoms with Gasteiger partial charge < -0.3 is 10.4 Å². The first-order valence-electron chi connectivity index (χ1n) is 7.08. The van der Waals surface area contributed by atoms with Gasteiger partial charge in [0, 0.05) is 21.2 Å². The molecule has 7 heteroatoms. The molecule has 1 aliphatic rings. The van der Waals surface area contributed by atoms with E-state index in [0.717, 1.165) is 0 Å². The number of benzene rings is 2. The monoisotopic (exact) mass is 383 g/mol. The third-order valence-electron chi connectivity index (χ3n) is 4.20. The van der Waals surface area contributed by atoms with Crippen LogP contribution in [0, 0.1) is 5.92 Å². The third-order valence-corrected chi connectivity index (χ3v) is 4.97. The van der Waals surface area contributed by atoms with E-state index < -0.39 is 23.2 Å². The number of amides is 1. The standard InChI is InChI=1S/C17H12Cl3NO3/c1-8(15(22)9-2-4-10(18)5-3-9)17(24)12-6-11(19)7-13(20)14(12)21-16(17)23/h2-8,24H,1H3,(H,21,23)/t8-,17+/m0/s1. The van der Waals surface area contributed by atoms with Gasteiger partial charge in [-0.05, 0) is 36.4 Å². The molecule has 0 aromatic heterocycles. The second-order valence-corrected chi connectivity index (χ2v) is 6.90. The van der Waals surface area contributed by atoms with Gasteiger partial charge in [-0.3, -0.25) is 9.59 Å². The predicted octanol–water partition coefficient (Wildman–Crippen LogP) is 4.31. The first-order chi connectivity index (χ1) is 11.2. The van der Waals surface area contributed by atoms with Crippen LogP contribution in [0.4, 0.5) is 5.69 Å². The number of aliphatic hydroxyl groups is 1. The smallest absolute Gasteiger partial charge is 0.261 e.